The van der Waals surface area contributed by atoms with E-state index in [9.17, 15) is 4.79 Å². The third kappa shape index (κ3) is 1.43. The van der Waals surface area contributed by atoms with E-state index in [1.165, 1.54) is 4.52 Å². The normalized spacial score (nSPS) is 10.8. The van der Waals surface area contributed by atoms with Crippen LogP contribution in [0.25, 0.3) is 5.78 Å². The smallest absolute Gasteiger partial charge is 0.375 e. The van der Waals surface area contributed by atoms with Crippen LogP contribution >= 0.6 is 0 Å². The molecule has 0 fully saturated rings. The van der Waals surface area contributed by atoms with Gasteiger partial charge in [0, 0.05) is 6.20 Å². The Balaban J connectivity index is 2.75. The second kappa shape index (κ2) is 3.30. The van der Waals surface area contributed by atoms with Crippen molar-refractivity contribution in [3.63, 3.8) is 0 Å². The number of fused-ring (bicyclic) bond motifs is 1. The third-order valence-corrected chi connectivity index (χ3v) is 2.20. The number of hydrogen-bond donors (Lipinski definition) is 1. The molecular weight excluding hydrogens is 196 g/mol. The lowest BCUT2D eigenvalue weighted by molar-refractivity contribution is 0.0684. The van der Waals surface area contributed by atoms with E-state index < -0.39 is 5.97 Å². The van der Waals surface area contributed by atoms with Gasteiger partial charge in [0.2, 0.25) is 0 Å². The first-order chi connectivity index (χ1) is 7.13. The number of nitrogens with zero attached hydrogens (tertiary/aromatic N) is 4. The summed E-state index contributed by atoms with van der Waals surface area (Å²) in [5.74, 6) is -1.03. The molecule has 2 aromatic rings. The molecule has 0 unspecified atom stereocenters. The number of aromatic carboxylic acids is 1. The SMILES string of the molecule is CCc1c(C)cnc2nc(C(=O)O)nn12. The monoisotopic (exact) mass is 206 g/mol. The van der Waals surface area contributed by atoms with E-state index in [1.807, 2.05) is 13.8 Å². The maximum atomic E-state index is 10.7. The van der Waals surface area contributed by atoms with Crippen molar-refractivity contribution in [1.82, 2.24) is 19.6 Å². The summed E-state index contributed by atoms with van der Waals surface area (Å²) >= 11 is 0. The second-order valence-electron chi connectivity index (χ2n) is 3.19. The highest BCUT2D eigenvalue weighted by atomic mass is 16.4. The van der Waals surface area contributed by atoms with Gasteiger partial charge in [-0.3, -0.25) is 0 Å². The van der Waals surface area contributed by atoms with Crippen molar-refractivity contribution in [2.75, 3.05) is 0 Å². The topological polar surface area (TPSA) is 80.4 Å². The molecule has 2 aromatic heterocycles. The van der Waals surface area contributed by atoms with E-state index in [0.29, 0.717) is 5.78 Å². The van der Waals surface area contributed by atoms with E-state index >= 15 is 0 Å². The second-order valence-corrected chi connectivity index (χ2v) is 3.19. The van der Waals surface area contributed by atoms with Crippen LogP contribution in [-0.2, 0) is 6.42 Å². The third-order valence-electron chi connectivity index (χ3n) is 2.20. The average Bonchev–Trinajstić information content (AvgIpc) is 2.61. The van der Waals surface area contributed by atoms with Crippen molar-refractivity contribution < 1.29 is 9.90 Å². The molecule has 0 aliphatic rings. The predicted molar refractivity (Wildman–Crippen MR) is 51.9 cm³/mol. The van der Waals surface area contributed by atoms with Crippen LogP contribution in [0.5, 0.6) is 0 Å². The summed E-state index contributed by atoms with van der Waals surface area (Å²) < 4.78 is 1.48. The summed E-state index contributed by atoms with van der Waals surface area (Å²) in [7, 11) is 0. The highest BCUT2D eigenvalue weighted by molar-refractivity contribution is 5.83. The van der Waals surface area contributed by atoms with Crippen LogP contribution in [-0.4, -0.2) is 30.7 Å². The van der Waals surface area contributed by atoms with Crippen LogP contribution < -0.4 is 0 Å². The van der Waals surface area contributed by atoms with Gasteiger partial charge in [0.25, 0.3) is 11.6 Å². The van der Waals surface area contributed by atoms with E-state index in [0.717, 1.165) is 17.7 Å². The summed E-state index contributed by atoms with van der Waals surface area (Å²) in [5.41, 5.74) is 1.91. The molecule has 0 aromatic carbocycles. The van der Waals surface area contributed by atoms with Crippen LogP contribution in [0.1, 0.15) is 28.8 Å². The van der Waals surface area contributed by atoms with E-state index in [1.54, 1.807) is 6.20 Å². The van der Waals surface area contributed by atoms with Crippen LogP contribution in [0.15, 0.2) is 6.20 Å². The van der Waals surface area contributed by atoms with Gasteiger partial charge in [-0.05, 0) is 18.9 Å². The molecule has 0 bridgehead atoms. The van der Waals surface area contributed by atoms with Crippen LogP contribution in [0.2, 0.25) is 0 Å². The Hall–Kier alpha value is -1.98. The zero-order valence-electron chi connectivity index (χ0n) is 8.43. The van der Waals surface area contributed by atoms with E-state index in [2.05, 4.69) is 15.1 Å². The molecule has 15 heavy (non-hydrogen) atoms. The van der Waals surface area contributed by atoms with Gasteiger partial charge in [0.05, 0.1) is 5.69 Å². The largest absolute Gasteiger partial charge is 0.475 e. The van der Waals surface area contributed by atoms with Gasteiger partial charge >= 0.3 is 5.97 Å². The Bertz CT molecular complexity index is 532. The van der Waals surface area contributed by atoms with Gasteiger partial charge in [0.1, 0.15) is 0 Å². The van der Waals surface area contributed by atoms with Crippen LogP contribution in [0.4, 0.5) is 0 Å². The molecule has 0 saturated heterocycles. The zero-order chi connectivity index (χ0) is 11.0. The molecular formula is C9H10N4O2. The Kier molecular flexibility index (Phi) is 2.11. The summed E-state index contributed by atoms with van der Waals surface area (Å²) in [6, 6.07) is 0. The number of aryl methyl sites for hydroxylation is 2. The fourth-order valence-corrected chi connectivity index (χ4v) is 1.48. The fraction of sp³-hybridized carbons (Fsp3) is 0.333. The molecule has 0 spiro atoms. The first-order valence-corrected chi connectivity index (χ1v) is 4.58. The Labute approximate surface area is 85.6 Å². The highest BCUT2D eigenvalue weighted by Gasteiger charge is 2.14. The van der Waals surface area contributed by atoms with Crippen molar-refractivity contribution in [2.24, 2.45) is 0 Å². The van der Waals surface area contributed by atoms with Gasteiger partial charge in [-0.15, -0.1) is 5.10 Å². The van der Waals surface area contributed by atoms with Crippen molar-refractivity contribution in [3.05, 3.63) is 23.3 Å². The van der Waals surface area contributed by atoms with Crippen LogP contribution in [0.3, 0.4) is 0 Å². The van der Waals surface area contributed by atoms with E-state index in [-0.39, 0.29) is 5.82 Å². The van der Waals surface area contributed by atoms with Gasteiger partial charge in [-0.25, -0.2) is 14.3 Å². The predicted octanol–water partition coefficient (Wildman–Crippen LogP) is 0.693. The number of carboxylic acids is 1. The molecule has 1 N–H and O–H groups in total. The summed E-state index contributed by atoms with van der Waals surface area (Å²) in [6.07, 6.45) is 2.43. The van der Waals surface area contributed by atoms with Gasteiger partial charge in [0.15, 0.2) is 0 Å². The zero-order valence-corrected chi connectivity index (χ0v) is 8.43. The molecule has 0 atom stereocenters. The maximum Gasteiger partial charge on any atom is 0.375 e. The van der Waals surface area contributed by atoms with Crippen molar-refractivity contribution in [2.45, 2.75) is 20.3 Å². The minimum Gasteiger partial charge on any atom is -0.475 e. The summed E-state index contributed by atoms with van der Waals surface area (Å²) in [5, 5.41) is 12.6. The minimum absolute atomic E-state index is 0.220. The summed E-state index contributed by atoms with van der Waals surface area (Å²) in [4.78, 5) is 18.5. The number of rotatable bonds is 2. The maximum absolute atomic E-state index is 10.7. The number of carbonyl (C=O) groups is 1. The standard InChI is InChI=1S/C9H10N4O2/c1-3-6-5(2)4-10-9-11-7(8(14)15)12-13(6)9/h4H,3H2,1-2H3,(H,14,15). The number of carboxylic acid groups (broad SMARTS) is 1. The van der Waals surface area contributed by atoms with E-state index in [4.69, 9.17) is 5.11 Å². The first kappa shape index (κ1) is 9.57. The lowest BCUT2D eigenvalue weighted by Crippen LogP contribution is -2.03. The number of aromatic nitrogens is 4. The van der Waals surface area contributed by atoms with Gasteiger partial charge in [-0.1, -0.05) is 6.92 Å². The average molecular weight is 206 g/mol. The lowest BCUT2D eigenvalue weighted by Gasteiger charge is -2.02. The molecule has 78 valence electrons. The molecule has 0 aliphatic heterocycles. The lowest BCUT2D eigenvalue weighted by atomic mass is 10.2. The first-order valence-electron chi connectivity index (χ1n) is 4.58. The Morgan fingerprint density at radius 1 is 1.60 bits per heavy atom. The van der Waals surface area contributed by atoms with Gasteiger partial charge < -0.3 is 5.11 Å². The van der Waals surface area contributed by atoms with Gasteiger partial charge in [-0.2, -0.15) is 4.98 Å². The molecule has 0 saturated carbocycles. The molecule has 6 heteroatoms. The summed E-state index contributed by atoms with van der Waals surface area (Å²) in [6.45, 7) is 3.89. The fourth-order valence-electron chi connectivity index (χ4n) is 1.48. The molecule has 0 amide bonds. The molecule has 0 radical (unpaired) electrons. The molecule has 2 heterocycles. The van der Waals surface area contributed by atoms with Crippen molar-refractivity contribution in [3.8, 4) is 0 Å². The Morgan fingerprint density at radius 2 is 2.33 bits per heavy atom. The Morgan fingerprint density at radius 3 is 2.93 bits per heavy atom. The quantitative estimate of drug-likeness (QED) is 0.782. The highest BCUT2D eigenvalue weighted by Crippen LogP contribution is 2.09. The molecule has 6 nitrogen and oxygen atoms in total. The minimum atomic E-state index is -1.14. The molecule has 0 aliphatic carbocycles. The van der Waals surface area contributed by atoms with Crippen molar-refractivity contribution in [1.29, 1.82) is 0 Å². The number of hydrogen-bond acceptors (Lipinski definition) is 4. The molecule has 2 rings (SSSR count). The van der Waals surface area contributed by atoms with Crippen molar-refractivity contribution >= 4 is 11.7 Å². The van der Waals surface area contributed by atoms with Crippen LogP contribution in [0, 0.1) is 6.92 Å².